The molecule has 0 aromatic carbocycles. The SMILES string of the molecule is CC1(C)CN(C(=O)C(C)(C)C(N)=NO)CC(C)(C)O1. The number of amides is 1. The minimum Gasteiger partial charge on any atom is -0.409 e. The van der Waals surface area contributed by atoms with E-state index in [9.17, 15) is 4.79 Å². The van der Waals surface area contributed by atoms with Crippen molar-refractivity contribution in [2.75, 3.05) is 13.1 Å². The molecule has 6 heteroatoms. The lowest BCUT2D eigenvalue weighted by molar-refractivity contribution is -0.190. The van der Waals surface area contributed by atoms with Crippen LogP contribution in [0.5, 0.6) is 0 Å². The van der Waals surface area contributed by atoms with Crippen LogP contribution < -0.4 is 5.73 Å². The van der Waals surface area contributed by atoms with Crippen LogP contribution in [0.25, 0.3) is 0 Å². The molecule has 0 bridgehead atoms. The third-order valence-corrected chi connectivity index (χ3v) is 3.27. The molecule has 0 atom stereocenters. The van der Waals surface area contributed by atoms with Gasteiger partial charge in [-0.2, -0.15) is 0 Å². The molecule has 0 radical (unpaired) electrons. The molecule has 1 aliphatic heterocycles. The minimum absolute atomic E-state index is 0.0837. The molecule has 0 aromatic rings. The van der Waals surface area contributed by atoms with E-state index in [1.54, 1.807) is 18.7 Å². The first-order valence-electron chi connectivity index (χ1n) is 6.39. The fourth-order valence-corrected chi connectivity index (χ4v) is 2.56. The number of morpholine rings is 1. The zero-order valence-corrected chi connectivity index (χ0v) is 12.6. The van der Waals surface area contributed by atoms with Gasteiger partial charge in [0.05, 0.1) is 11.2 Å². The molecular weight excluding hydrogens is 246 g/mol. The maximum Gasteiger partial charge on any atom is 0.236 e. The van der Waals surface area contributed by atoms with Crippen molar-refractivity contribution in [1.82, 2.24) is 4.90 Å². The number of nitrogens with two attached hydrogens (primary N) is 1. The van der Waals surface area contributed by atoms with Gasteiger partial charge in [0.1, 0.15) is 5.41 Å². The van der Waals surface area contributed by atoms with E-state index in [4.69, 9.17) is 15.7 Å². The lowest BCUT2D eigenvalue weighted by atomic mass is 9.88. The topological polar surface area (TPSA) is 88.2 Å². The van der Waals surface area contributed by atoms with Crippen molar-refractivity contribution < 1.29 is 14.7 Å². The molecule has 3 N–H and O–H groups in total. The van der Waals surface area contributed by atoms with Gasteiger partial charge in [0.15, 0.2) is 5.84 Å². The molecular formula is C13H25N3O3. The highest BCUT2D eigenvalue weighted by molar-refractivity contribution is 6.05. The Morgan fingerprint density at radius 1 is 1.26 bits per heavy atom. The van der Waals surface area contributed by atoms with Crippen molar-refractivity contribution in [2.45, 2.75) is 52.7 Å². The van der Waals surface area contributed by atoms with Crippen LogP contribution in [0.4, 0.5) is 0 Å². The van der Waals surface area contributed by atoms with Crippen molar-refractivity contribution in [1.29, 1.82) is 0 Å². The molecule has 0 saturated carbocycles. The summed E-state index contributed by atoms with van der Waals surface area (Å²) in [6.45, 7) is 12.1. The fraction of sp³-hybridized carbons (Fsp3) is 0.846. The number of rotatable bonds is 2. The Balaban J connectivity index is 3.00. The van der Waals surface area contributed by atoms with Crippen molar-refractivity contribution in [3.63, 3.8) is 0 Å². The summed E-state index contributed by atoms with van der Waals surface area (Å²) in [6.07, 6.45) is 0. The Hall–Kier alpha value is -1.30. The largest absolute Gasteiger partial charge is 0.409 e. The van der Waals surface area contributed by atoms with Gasteiger partial charge in [0.2, 0.25) is 5.91 Å². The summed E-state index contributed by atoms with van der Waals surface area (Å²) in [7, 11) is 0. The van der Waals surface area contributed by atoms with Gasteiger partial charge in [-0.25, -0.2) is 0 Å². The van der Waals surface area contributed by atoms with E-state index in [1.807, 2.05) is 27.7 Å². The van der Waals surface area contributed by atoms with Gasteiger partial charge in [0, 0.05) is 13.1 Å². The van der Waals surface area contributed by atoms with Gasteiger partial charge < -0.3 is 20.6 Å². The van der Waals surface area contributed by atoms with E-state index in [1.165, 1.54) is 0 Å². The van der Waals surface area contributed by atoms with Gasteiger partial charge in [-0.3, -0.25) is 4.79 Å². The van der Waals surface area contributed by atoms with Gasteiger partial charge >= 0.3 is 0 Å². The predicted molar refractivity (Wildman–Crippen MR) is 73.0 cm³/mol. The number of hydrogen-bond donors (Lipinski definition) is 2. The Kier molecular flexibility index (Phi) is 3.87. The van der Waals surface area contributed by atoms with E-state index in [0.29, 0.717) is 13.1 Å². The molecule has 1 rings (SSSR count). The normalized spacial score (nSPS) is 23.3. The van der Waals surface area contributed by atoms with Gasteiger partial charge in [-0.15, -0.1) is 0 Å². The van der Waals surface area contributed by atoms with Crippen LogP contribution in [0.1, 0.15) is 41.5 Å². The highest BCUT2D eigenvalue weighted by Gasteiger charge is 2.44. The quantitative estimate of drug-likeness (QED) is 0.341. The zero-order chi connectivity index (χ0) is 15.1. The molecule has 0 aromatic heterocycles. The Morgan fingerprint density at radius 3 is 2.05 bits per heavy atom. The highest BCUT2D eigenvalue weighted by atomic mass is 16.5. The number of oxime groups is 1. The average molecular weight is 271 g/mol. The fourth-order valence-electron chi connectivity index (χ4n) is 2.56. The Morgan fingerprint density at radius 2 is 1.68 bits per heavy atom. The predicted octanol–water partition coefficient (Wildman–Crippen LogP) is 1.17. The summed E-state index contributed by atoms with van der Waals surface area (Å²) in [5, 5.41) is 11.8. The lowest BCUT2D eigenvalue weighted by Crippen LogP contribution is -2.61. The monoisotopic (exact) mass is 271 g/mol. The average Bonchev–Trinajstić information content (AvgIpc) is 2.22. The van der Waals surface area contributed by atoms with Gasteiger partial charge in [-0.1, -0.05) is 5.16 Å². The van der Waals surface area contributed by atoms with Gasteiger partial charge in [0.25, 0.3) is 0 Å². The van der Waals surface area contributed by atoms with E-state index in [0.717, 1.165) is 0 Å². The second-order valence-electron chi connectivity index (χ2n) is 6.89. The van der Waals surface area contributed by atoms with Crippen LogP contribution in [-0.2, 0) is 9.53 Å². The summed E-state index contributed by atoms with van der Waals surface area (Å²) >= 11 is 0. The molecule has 1 saturated heterocycles. The number of carbonyl (C=O) groups excluding carboxylic acids is 1. The molecule has 1 heterocycles. The van der Waals surface area contributed by atoms with Crippen molar-refractivity contribution in [3.05, 3.63) is 0 Å². The molecule has 1 fully saturated rings. The van der Waals surface area contributed by atoms with Crippen molar-refractivity contribution in [2.24, 2.45) is 16.3 Å². The zero-order valence-electron chi connectivity index (χ0n) is 12.6. The minimum atomic E-state index is -1.03. The molecule has 0 spiro atoms. The molecule has 1 amide bonds. The third-order valence-electron chi connectivity index (χ3n) is 3.27. The molecule has 6 nitrogen and oxygen atoms in total. The van der Waals surface area contributed by atoms with Crippen LogP contribution in [0, 0.1) is 5.41 Å². The second kappa shape index (κ2) is 4.67. The third kappa shape index (κ3) is 3.37. The summed E-state index contributed by atoms with van der Waals surface area (Å²) in [4.78, 5) is 14.3. The lowest BCUT2D eigenvalue weighted by Gasteiger charge is -2.48. The molecule has 0 aliphatic carbocycles. The van der Waals surface area contributed by atoms with E-state index >= 15 is 0 Å². The van der Waals surface area contributed by atoms with E-state index < -0.39 is 16.6 Å². The van der Waals surface area contributed by atoms with E-state index in [-0.39, 0.29) is 11.7 Å². The number of amidine groups is 1. The van der Waals surface area contributed by atoms with Crippen molar-refractivity contribution in [3.8, 4) is 0 Å². The van der Waals surface area contributed by atoms with Crippen LogP contribution in [0.2, 0.25) is 0 Å². The number of hydrogen-bond acceptors (Lipinski definition) is 4. The number of nitrogens with zero attached hydrogens (tertiary/aromatic N) is 2. The molecule has 110 valence electrons. The first-order valence-corrected chi connectivity index (χ1v) is 6.39. The summed E-state index contributed by atoms with van der Waals surface area (Å²) < 4.78 is 5.94. The molecule has 19 heavy (non-hydrogen) atoms. The van der Waals surface area contributed by atoms with E-state index in [2.05, 4.69) is 5.16 Å². The first kappa shape index (κ1) is 15.8. The number of ether oxygens (including phenoxy) is 1. The van der Waals surface area contributed by atoms with Crippen LogP contribution in [-0.4, -0.2) is 46.1 Å². The molecule has 1 aliphatic rings. The highest BCUT2D eigenvalue weighted by Crippen LogP contribution is 2.31. The van der Waals surface area contributed by atoms with Gasteiger partial charge in [-0.05, 0) is 41.5 Å². The Labute approximate surface area is 114 Å². The summed E-state index contributed by atoms with van der Waals surface area (Å²) in [5.41, 5.74) is 3.75. The van der Waals surface area contributed by atoms with Crippen molar-refractivity contribution >= 4 is 11.7 Å². The van der Waals surface area contributed by atoms with Crippen LogP contribution in [0.15, 0.2) is 5.16 Å². The van der Waals surface area contributed by atoms with Crippen LogP contribution >= 0.6 is 0 Å². The maximum atomic E-state index is 12.6. The van der Waals surface area contributed by atoms with Crippen LogP contribution in [0.3, 0.4) is 0 Å². The number of carbonyl (C=O) groups is 1. The summed E-state index contributed by atoms with van der Waals surface area (Å²) in [6, 6.07) is 0. The maximum absolute atomic E-state index is 12.6. The smallest absolute Gasteiger partial charge is 0.236 e. The molecule has 0 unspecified atom stereocenters. The Bertz CT molecular complexity index is 384. The first-order chi connectivity index (χ1) is 8.41. The summed E-state index contributed by atoms with van der Waals surface area (Å²) in [5.74, 6) is -0.244. The standard InChI is InChI=1S/C13H25N3O3/c1-11(2)7-16(8-12(3,4)19-11)10(17)13(5,6)9(14)15-18/h18H,7-8H2,1-6H3,(H2,14,15). The second-order valence-corrected chi connectivity index (χ2v) is 6.89.